The van der Waals surface area contributed by atoms with E-state index in [9.17, 15) is 0 Å². The zero-order chi connectivity index (χ0) is 80.5. The molecule has 0 saturated carbocycles. The normalized spacial score (nSPS) is 12.1. The largest absolute Gasteiger partial charge is 0.309 e. The van der Waals surface area contributed by atoms with Crippen molar-refractivity contribution in [1.82, 2.24) is 68.1 Å². The summed E-state index contributed by atoms with van der Waals surface area (Å²) < 4.78 is 9.19. The highest BCUT2D eigenvalue weighted by molar-refractivity contribution is 6.29. The molecule has 14 heteroatoms. The Hall–Kier alpha value is -16.3. The van der Waals surface area contributed by atoms with Gasteiger partial charge < -0.3 is 9.13 Å². The molecule has 0 N–H and O–H groups in total. The maximum atomic E-state index is 5.26. The molecule has 14 nitrogen and oxygen atoms in total. The van der Waals surface area contributed by atoms with Crippen LogP contribution in [0.3, 0.4) is 0 Å². The summed E-state index contributed by atoms with van der Waals surface area (Å²) in [5.41, 5.74) is 26.2. The first kappa shape index (κ1) is 71.2. The van der Waals surface area contributed by atoms with E-state index in [0.29, 0.717) is 17.6 Å². The lowest BCUT2D eigenvalue weighted by Gasteiger charge is -2.34. The van der Waals surface area contributed by atoms with Gasteiger partial charge in [0.15, 0.2) is 11.6 Å². The van der Waals surface area contributed by atoms with Crippen LogP contribution in [0, 0.1) is 0 Å². The summed E-state index contributed by atoms with van der Waals surface area (Å²) >= 11 is 0. The Labute approximate surface area is 696 Å². The molecule has 570 valence electrons. The fourth-order valence-electron chi connectivity index (χ4n) is 17.6. The summed E-state index contributed by atoms with van der Waals surface area (Å²) in [5.74, 6) is 2.81. The topological polar surface area (TPSA) is 149 Å². The number of fused-ring (bicyclic) bond motifs is 15. The van der Waals surface area contributed by atoms with Crippen molar-refractivity contribution in [3.8, 4) is 114 Å². The average Bonchev–Trinajstić information content (AvgIpc) is 1.52. The summed E-state index contributed by atoms with van der Waals surface area (Å²) in [6, 6.07) is 130. The van der Waals surface area contributed by atoms with Crippen LogP contribution in [0.25, 0.3) is 201 Å². The third-order valence-corrected chi connectivity index (χ3v) is 23.2. The Morgan fingerprint density at radius 1 is 0.231 bits per heavy atom. The first-order valence-electron chi connectivity index (χ1n) is 40.5. The van der Waals surface area contributed by atoms with Crippen molar-refractivity contribution in [3.63, 3.8) is 0 Å². The molecule has 121 heavy (non-hydrogen) atoms. The van der Waals surface area contributed by atoms with Gasteiger partial charge in [0.2, 0.25) is 5.95 Å². The van der Waals surface area contributed by atoms with E-state index in [4.69, 9.17) is 39.9 Å². The molecular formula is C107H72N14. The van der Waals surface area contributed by atoms with E-state index in [0.717, 1.165) is 124 Å². The summed E-state index contributed by atoms with van der Waals surface area (Å²) in [6.07, 6.45) is 7.29. The van der Waals surface area contributed by atoms with E-state index < -0.39 is 0 Å². The Kier molecular flexibility index (Phi) is 17.5. The van der Waals surface area contributed by atoms with Gasteiger partial charge >= 0.3 is 0 Å². The molecule has 24 rings (SSSR count). The van der Waals surface area contributed by atoms with E-state index in [1.807, 2.05) is 140 Å². The molecule has 0 fully saturated rings. The predicted molar refractivity (Wildman–Crippen MR) is 490 cm³/mol. The molecule has 1 aliphatic heterocycles. The maximum Gasteiger partial charge on any atom is 0.235 e. The zero-order valence-electron chi connectivity index (χ0n) is 65.9. The average molecular weight is 1550 g/mol. The quantitative estimate of drug-likeness (QED) is 0.122. The lowest BCUT2D eigenvalue weighted by Crippen LogP contribution is -2.26. The number of hydrogen-bond donors (Lipinski definition) is 0. The molecule has 11 aromatic heterocycles. The van der Waals surface area contributed by atoms with Gasteiger partial charge in [-0.3, -0.25) is 19.1 Å². The SMILES string of the molecule is CC1(C)c2ccccc2-n2c3ccc4c(c5ccccc5n4-c4nc(-c5ccccc5)cc(-c5ccccc5)n4)c3c3cccc1c32.c1ccc(-c2cc(-c3cccc(-n4c5ccccc5c5ccccc54)n3)nc(-c3ccccc3)n2)cc1.c1ccc(-c2cc(-c3ncc(-n4c5ccccc5c5ccccc54)cn3)cc(-c3ccccn3)n2)nc1. The molecule has 0 saturated heterocycles. The summed E-state index contributed by atoms with van der Waals surface area (Å²) in [6.45, 7) is 4.70. The molecule has 0 radical (unpaired) electrons. The predicted octanol–water partition coefficient (Wildman–Crippen LogP) is 25.4. The van der Waals surface area contributed by atoms with Gasteiger partial charge in [-0.2, -0.15) is 0 Å². The van der Waals surface area contributed by atoms with Crippen LogP contribution < -0.4 is 0 Å². The van der Waals surface area contributed by atoms with Gasteiger partial charge in [0.05, 0.1) is 119 Å². The number of nitrogens with zero attached hydrogens (tertiary/aromatic N) is 14. The van der Waals surface area contributed by atoms with Crippen LogP contribution >= 0.6 is 0 Å². The molecule has 0 unspecified atom stereocenters. The first-order chi connectivity index (χ1) is 59.8. The highest BCUT2D eigenvalue weighted by Gasteiger charge is 2.36. The molecule has 0 aliphatic carbocycles. The summed E-state index contributed by atoms with van der Waals surface area (Å²) in [5, 5.41) is 9.80. The van der Waals surface area contributed by atoms with Crippen molar-refractivity contribution in [3.05, 3.63) is 412 Å². The van der Waals surface area contributed by atoms with Crippen molar-refractivity contribution in [2.45, 2.75) is 19.3 Å². The van der Waals surface area contributed by atoms with Gasteiger partial charge in [-0.15, -0.1) is 0 Å². The molecule has 1 aliphatic rings. The van der Waals surface area contributed by atoms with Crippen LogP contribution in [0.4, 0.5) is 0 Å². The molecular weight excluding hydrogens is 1480 g/mol. The van der Waals surface area contributed by atoms with Crippen molar-refractivity contribution in [2.75, 3.05) is 0 Å². The van der Waals surface area contributed by atoms with Crippen molar-refractivity contribution >= 4 is 87.2 Å². The number of pyridine rings is 4. The Bertz CT molecular complexity index is 7620. The monoisotopic (exact) mass is 1550 g/mol. The fourth-order valence-corrected chi connectivity index (χ4v) is 17.6. The molecule has 12 aromatic carbocycles. The highest BCUT2D eigenvalue weighted by atomic mass is 15.2. The Morgan fingerprint density at radius 3 is 1.18 bits per heavy atom. The van der Waals surface area contributed by atoms with E-state index in [-0.39, 0.29) is 5.41 Å². The second-order valence-corrected chi connectivity index (χ2v) is 30.7. The number of para-hydroxylation sites is 7. The summed E-state index contributed by atoms with van der Waals surface area (Å²) in [4.78, 5) is 48.9. The third kappa shape index (κ3) is 12.5. The number of rotatable bonds is 11. The Morgan fingerprint density at radius 2 is 0.636 bits per heavy atom. The van der Waals surface area contributed by atoms with E-state index in [1.54, 1.807) is 12.4 Å². The smallest absolute Gasteiger partial charge is 0.235 e. The van der Waals surface area contributed by atoms with Crippen molar-refractivity contribution in [1.29, 1.82) is 0 Å². The standard InChI is InChI=1S/C43H30N4.C33H22N4.C31H20N6/c1-43(2)31-20-10-12-23-36(31)46-37-24-25-38-39(40(37)30-19-13-21-32(43)41(30)46)29-18-9-11-22-35(29)47(38)42-44-33(27-14-5-3-6-15-27)26-34(45-42)28-16-7-4-8-17-28;1-3-12-23(13-4-1)28-22-29(36-33(35-28)24-14-5-2-6-15-24)27-18-11-21-32(34-27)37-30-19-9-7-16-25(30)26-17-8-10-20-31(26)37;1-3-13-29-23(9-1)24-10-2-4-14-30(24)37(29)22-19-34-31(35-20-22)21-17-27(25-11-5-7-15-32-25)36-28(18-21)26-12-6-8-16-33-26/h3-26H,1-2H3;1-22H;1-20H. The van der Waals surface area contributed by atoms with Crippen LogP contribution in [-0.2, 0) is 5.41 Å². The van der Waals surface area contributed by atoms with E-state index in [2.05, 4.69) is 291 Å². The third-order valence-electron chi connectivity index (χ3n) is 23.2. The van der Waals surface area contributed by atoms with E-state index in [1.165, 1.54) is 70.9 Å². The maximum absolute atomic E-state index is 5.26. The molecule has 0 spiro atoms. The van der Waals surface area contributed by atoms with Crippen LogP contribution in [0.15, 0.2) is 401 Å². The van der Waals surface area contributed by atoms with Crippen LogP contribution in [-0.4, -0.2) is 68.1 Å². The first-order valence-corrected chi connectivity index (χ1v) is 40.5. The van der Waals surface area contributed by atoms with Crippen LogP contribution in [0.5, 0.6) is 0 Å². The van der Waals surface area contributed by atoms with Crippen molar-refractivity contribution < 1.29 is 0 Å². The minimum Gasteiger partial charge on any atom is -0.309 e. The number of hydrogen-bond acceptors (Lipinski definition) is 10. The van der Waals surface area contributed by atoms with E-state index >= 15 is 0 Å². The lowest BCUT2D eigenvalue weighted by molar-refractivity contribution is 0.630. The van der Waals surface area contributed by atoms with Gasteiger partial charge in [-0.25, -0.2) is 39.9 Å². The second-order valence-electron chi connectivity index (χ2n) is 30.7. The van der Waals surface area contributed by atoms with Gasteiger partial charge in [-0.1, -0.05) is 281 Å². The zero-order valence-corrected chi connectivity index (χ0v) is 65.9. The van der Waals surface area contributed by atoms with Crippen molar-refractivity contribution in [2.24, 2.45) is 0 Å². The summed E-state index contributed by atoms with van der Waals surface area (Å²) in [7, 11) is 0. The molecule has 23 aromatic rings. The van der Waals surface area contributed by atoms with Gasteiger partial charge in [0.1, 0.15) is 5.82 Å². The number of benzene rings is 12. The minimum atomic E-state index is -0.118. The number of aromatic nitrogens is 14. The van der Waals surface area contributed by atoms with Gasteiger partial charge in [0, 0.05) is 88.7 Å². The van der Waals surface area contributed by atoms with Gasteiger partial charge in [0.25, 0.3) is 0 Å². The minimum absolute atomic E-state index is 0.118. The van der Waals surface area contributed by atoms with Crippen LogP contribution in [0.1, 0.15) is 25.0 Å². The molecule has 12 heterocycles. The highest BCUT2D eigenvalue weighted by Crippen LogP contribution is 2.50. The van der Waals surface area contributed by atoms with Gasteiger partial charge in [-0.05, 0) is 120 Å². The molecule has 0 amide bonds. The second kappa shape index (κ2) is 29.8. The lowest BCUT2D eigenvalue weighted by atomic mass is 9.75. The Balaban J connectivity index is 0.000000110. The molecule has 0 atom stereocenters. The molecule has 0 bridgehead atoms. The fraction of sp³-hybridized carbons (Fsp3) is 0.0280. The van der Waals surface area contributed by atoms with Crippen LogP contribution in [0.2, 0.25) is 0 Å².